The third-order valence-electron chi connectivity index (χ3n) is 4.40. The molecule has 1 heterocycles. The van der Waals surface area contributed by atoms with Gasteiger partial charge in [-0.15, -0.1) is 0 Å². The molecule has 1 rings (SSSR count). The van der Waals surface area contributed by atoms with Crippen molar-refractivity contribution in [3.63, 3.8) is 0 Å². The maximum absolute atomic E-state index is 11.5. The molecule has 0 saturated carbocycles. The topological polar surface area (TPSA) is 100 Å². The van der Waals surface area contributed by atoms with Crippen LogP contribution in [0.25, 0.3) is 0 Å². The Balaban J connectivity index is 1.67. The molecule has 0 aliphatic carbocycles. The first-order valence-electron chi connectivity index (χ1n) is 12.4. The molecule has 0 bridgehead atoms. The van der Waals surface area contributed by atoms with Gasteiger partial charge in [0.2, 0.25) is 0 Å². The van der Waals surface area contributed by atoms with Crippen LogP contribution in [0.15, 0.2) is 0 Å². The second-order valence-corrected chi connectivity index (χ2v) is 8.68. The van der Waals surface area contributed by atoms with Crippen molar-refractivity contribution < 1.29 is 47.4 Å². The first-order valence-corrected chi connectivity index (χ1v) is 12.4. The lowest BCUT2D eigenvalue weighted by Crippen LogP contribution is -2.24. The van der Waals surface area contributed by atoms with E-state index >= 15 is 0 Å². The van der Waals surface area contributed by atoms with E-state index in [4.69, 9.17) is 42.6 Å². The molecule has 0 spiro atoms. The summed E-state index contributed by atoms with van der Waals surface area (Å²) in [5.41, 5.74) is -0.463. The SMILES string of the molecule is CC(C)(C)OC(=O)CCOCCOCCOCCOCCOCCOCCOC1CCCCO1. The average molecular weight is 495 g/mol. The summed E-state index contributed by atoms with van der Waals surface area (Å²) in [6.45, 7) is 12.7. The molecule has 1 saturated heterocycles. The molecule has 1 fully saturated rings. The van der Waals surface area contributed by atoms with Gasteiger partial charge in [0.05, 0.1) is 92.3 Å². The van der Waals surface area contributed by atoms with Gasteiger partial charge in [-0.25, -0.2) is 0 Å². The molecule has 1 atom stereocenters. The van der Waals surface area contributed by atoms with Crippen molar-refractivity contribution in [2.75, 3.05) is 92.5 Å². The van der Waals surface area contributed by atoms with Gasteiger partial charge < -0.3 is 42.6 Å². The Labute approximate surface area is 204 Å². The average Bonchev–Trinajstić information content (AvgIpc) is 2.79. The zero-order valence-electron chi connectivity index (χ0n) is 21.4. The molecular weight excluding hydrogens is 448 g/mol. The fourth-order valence-corrected chi connectivity index (χ4v) is 2.83. The number of rotatable bonds is 22. The summed E-state index contributed by atoms with van der Waals surface area (Å²) in [5, 5.41) is 0. The van der Waals surface area contributed by atoms with Gasteiger partial charge in [-0.05, 0) is 40.0 Å². The summed E-state index contributed by atoms with van der Waals surface area (Å²) in [6.07, 6.45) is 3.43. The van der Waals surface area contributed by atoms with E-state index in [9.17, 15) is 4.79 Å². The Morgan fingerprint density at radius 1 is 0.676 bits per heavy atom. The third-order valence-corrected chi connectivity index (χ3v) is 4.40. The van der Waals surface area contributed by atoms with Crippen molar-refractivity contribution in [1.82, 2.24) is 0 Å². The van der Waals surface area contributed by atoms with Gasteiger partial charge in [0.25, 0.3) is 0 Å². The lowest BCUT2D eigenvalue weighted by molar-refractivity contribution is -0.169. The molecule has 0 aromatic heterocycles. The van der Waals surface area contributed by atoms with Crippen molar-refractivity contribution in [2.45, 2.75) is 58.3 Å². The van der Waals surface area contributed by atoms with Gasteiger partial charge in [0, 0.05) is 6.61 Å². The predicted molar refractivity (Wildman–Crippen MR) is 125 cm³/mol. The molecule has 34 heavy (non-hydrogen) atoms. The smallest absolute Gasteiger partial charge is 0.308 e. The van der Waals surface area contributed by atoms with Gasteiger partial charge in [-0.1, -0.05) is 0 Å². The Morgan fingerprint density at radius 3 is 1.53 bits per heavy atom. The quantitative estimate of drug-likeness (QED) is 0.165. The van der Waals surface area contributed by atoms with E-state index in [1.807, 2.05) is 20.8 Å². The molecule has 10 heteroatoms. The minimum absolute atomic E-state index is 0.0645. The van der Waals surface area contributed by atoms with Crippen molar-refractivity contribution in [2.24, 2.45) is 0 Å². The number of carbonyl (C=O) groups excluding carboxylic acids is 1. The predicted octanol–water partition coefficient (Wildman–Crippen LogP) is 2.36. The lowest BCUT2D eigenvalue weighted by atomic mass is 10.2. The van der Waals surface area contributed by atoms with E-state index < -0.39 is 5.60 Å². The van der Waals surface area contributed by atoms with Crippen molar-refractivity contribution >= 4 is 5.97 Å². The first kappa shape index (κ1) is 31.2. The highest BCUT2D eigenvalue weighted by molar-refractivity contribution is 5.69. The van der Waals surface area contributed by atoms with Gasteiger partial charge >= 0.3 is 5.97 Å². The Morgan fingerprint density at radius 2 is 1.12 bits per heavy atom. The summed E-state index contributed by atoms with van der Waals surface area (Å²) < 4.78 is 48.8. The van der Waals surface area contributed by atoms with Gasteiger partial charge in [-0.3, -0.25) is 4.79 Å². The fraction of sp³-hybridized carbons (Fsp3) is 0.958. The summed E-state index contributed by atoms with van der Waals surface area (Å²) in [6, 6.07) is 0. The standard InChI is InChI=1S/C24H46O10/c1-24(2,3)34-22(25)7-9-26-10-11-27-12-13-28-14-15-29-16-17-30-18-19-31-20-21-33-23-6-4-5-8-32-23/h23H,4-21H2,1-3H3. The summed E-state index contributed by atoms with van der Waals surface area (Å²) in [5.74, 6) is -0.258. The van der Waals surface area contributed by atoms with E-state index in [-0.39, 0.29) is 18.7 Å². The molecule has 0 radical (unpaired) electrons. The van der Waals surface area contributed by atoms with E-state index in [2.05, 4.69) is 0 Å². The number of esters is 1. The van der Waals surface area contributed by atoms with Crippen LogP contribution in [0.4, 0.5) is 0 Å². The minimum atomic E-state index is -0.463. The number of hydrogen-bond donors (Lipinski definition) is 0. The van der Waals surface area contributed by atoms with Gasteiger partial charge in [0.1, 0.15) is 5.60 Å². The third kappa shape index (κ3) is 21.7. The van der Waals surface area contributed by atoms with Crippen LogP contribution in [0, 0.1) is 0 Å². The molecule has 1 aliphatic rings. The molecule has 0 amide bonds. The molecular formula is C24H46O10. The summed E-state index contributed by atoms with van der Waals surface area (Å²) in [4.78, 5) is 11.5. The zero-order valence-corrected chi connectivity index (χ0v) is 21.4. The van der Waals surface area contributed by atoms with E-state index in [0.717, 1.165) is 19.4 Å². The van der Waals surface area contributed by atoms with E-state index in [1.54, 1.807) is 0 Å². The lowest BCUT2D eigenvalue weighted by Gasteiger charge is -2.22. The highest BCUT2D eigenvalue weighted by Crippen LogP contribution is 2.13. The van der Waals surface area contributed by atoms with Crippen LogP contribution >= 0.6 is 0 Å². The monoisotopic (exact) mass is 494 g/mol. The Kier molecular flexibility index (Phi) is 19.7. The second-order valence-electron chi connectivity index (χ2n) is 8.68. The number of ether oxygens (including phenoxy) is 9. The van der Waals surface area contributed by atoms with E-state index in [1.165, 1.54) is 6.42 Å². The van der Waals surface area contributed by atoms with Gasteiger partial charge in [-0.2, -0.15) is 0 Å². The van der Waals surface area contributed by atoms with Crippen LogP contribution in [0.5, 0.6) is 0 Å². The first-order chi connectivity index (χ1) is 16.5. The fourth-order valence-electron chi connectivity index (χ4n) is 2.83. The number of carbonyl (C=O) groups is 1. The second kappa shape index (κ2) is 21.4. The maximum Gasteiger partial charge on any atom is 0.308 e. The van der Waals surface area contributed by atoms with Crippen LogP contribution in [0.3, 0.4) is 0 Å². The molecule has 10 nitrogen and oxygen atoms in total. The molecule has 1 unspecified atom stereocenters. The zero-order chi connectivity index (χ0) is 24.7. The summed E-state index contributed by atoms with van der Waals surface area (Å²) >= 11 is 0. The van der Waals surface area contributed by atoms with Crippen LogP contribution in [0.1, 0.15) is 46.5 Å². The van der Waals surface area contributed by atoms with Crippen LogP contribution < -0.4 is 0 Å². The molecule has 0 N–H and O–H groups in total. The largest absolute Gasteiger partial charge is 0.460 e. The van der Waals surface area contributed by atoms with Crippen molar-refractivity contribution in [1.29, 1.82) is 0 Å². The maximum atomic E-state index is 11.5. The Hall–Kier alpha value is -0.850. The number of hydrogen-bond acceptors (Lipinski definition) is 10. The molecule has 0 aromatic carbocycles. The normalized spacial score (nSPS) is 16.6. The van der Waals surface area contributed by atoms with Crippen LogP contribution in [-0.2, 0) is 47.4 Å². The van der Waals surface area contributed by atoms with Crippen molar-refractivity contribution in [3.8, 4) is 0 Å². The van der Waals surface area contributed by atoms with Crippen molar-refractivity contribution in [3.05, 3.63) is 0 Å². The summed E-state index contributed by atoms with van der Waals surface area (Å²) in [7, 11) is 0. The highest BCUT2D eigenvalue weighted by atomic mass is 16.7. The minimum Gasteiger partial charge on any atom is -0.460 e. The Bertz CT molecular complexity index is 463. The van der Waals surface area contributed by atoms with Gasteiger partial charge in [0.15, 0.2) is 6.29 Å². The molecule has 0 aromatic rings. The molecule has 202 valence electrons. The van der Waals surface area contributed by atoms with Crippen LogP contribution in [0.2, 0.25) is 0 Å². The molecule has 1 aliphatic heterocycles. The van der Waals surface area contributed by atoms with E-state index in [0.29, 0.717) is 85.9 Å². The van der Waals surface area contributed by atoms with Crippen LogP contribution in [-0.4, -0.2) is 110 Å². The highest BCUT2D eigenvalue weighted by Gasteiger charge is 2.15.